The van der Waals surface area contributed by atoms with Gasteiger partial charge >= 0.3 is 12.1 Å². The van der Waals surface area contributed by atoms with Crippen molar-refractivity contribution in [3.05, 3.63) is 42.0 Å². The van der Waals surface area contributed by atoms with Gasteiger partial charge in [0.25, 0.3) is 0 Å². The van der Waals surface area contributed by atoms with Gasteiger partial charge in [-0.3, -0.25) is 0 Å². The fraction of sp³-hybridized carbons (Fsp3) is 0.412. The molecule has 0 fully saturated rings. The fourth-order valence-electron chi connectivity index (χ4n) is 1.57. The predicted molar refractivity (Wildman–Crippen MR) is 86.2 cm³/mol. The molecule has 126 valence electrons. The summed E-state index contributed by atoms with van der Waals surface area (Å²) in [6.45, 7) is 9.40. The van der Waals surface area contributed by atoms with Crippen molar-refractivity contribution in [3.63, 3.8) is 0 Å². The number of carbonyl (C=O) groups excluding carboxylic acids is 2. The maximum atomic E-state index is 11.6. The van der Waals surface area contributed by atoms with Crippen LogP contribution in [0.2, 0.25) is 0 Å². The van der Waals surface area contributed by atoms with Crippen LogP contribution in [0.1, 0.15) is 26.3 Å². The van der Waals surface area contributed by atoms with Crippen molar-refractivity contribution in [2.45, 2.75) is 32.9 Å². The molecule has 1 amide bonds. The van der Waals surface area contributed by atoms with E-state index in [-0.39, 0.29) is 12.2 Å². The molecule has 0 aliphatic rings. The summed E-state index contributed by atoms with van der Waals surface area (Å²) in [7, 11) is 1.29. The molecule has 0 radical (unpaired) electrons. The van der Waals surface area contributed by atoms with Crippen LogP contribution in [0, 0.1) is 0 Å². The van der Waals surface area contributed by atoms with E-state index in [1.165, 1.54) is 7.11 Å². The highest BCUT2D eigenvalue weighted by Gasteiger charge is 2.15. The quantitative estimate of drug-likeness (QED) is 0.644. The molecule has 0 saturated carbocycles. The lowest BCUT2D eigenvalue weighted by atomic mass is 10.2. The number of carbonyl (C=O) groups is 2. The van der Waals surface area contributed by atoms with Crippen LogP contribution in [0.25, 0.3) is 0 Å². The van der Waals surface area contributed by atoms with Crippen molar-refractivity contribution in [2.24, 2.45) is 0 Å². The van der Waals surface area contributed by atoms with Gasteiger partial charge in [-0.25, -0.2) is 9.59 Å². The Kier molecular flexibility index (Phi) is 6.63. The van der Waals surface area contributed by atoms with Gasteiger partial charge < -0.3 is 19.5 Å². The SMILES string of the molecule is C=C(COc1ccc(CNC(=O)OC(C)(C)C)cc1)C(=O)OC. The lowest BCUT2D eigenvalue weighted by molar-refractivity contribution is -0.136. The molecule has 6 nitrogen and oxygen atoms in total. The average molecular weight is 321 g/mol. The van der Waals surface area contributed by atoms with E-state index in [1.807, 2.05) is 12.1 Å². The number of nitrogens with one attached hydrogen (secondary N) is 1. The monoisotopic (exact) mass is 321 g/mol. The van der Waals surface area contributed by atoms with E-state index in [0.29, 0.717) is 12.3 Å². The van der Waals surface area contributed by atoms with E-state index in [2.05, 4.69) is 16.6 Å². The summed E-state index contributed by atoms with van der Waals surface area (Å²) in [6, 6.07) is 7.12. The molecule has 1 aromatic rings. The Balaban J connectivity index is 2.43. The van der Waals surface area contributed by atoms with Crippen LogP contribution in [-0.2, 0) is 20.8 Å². The largest absolute Gasteiger partial charge is 0.489 e. The van der Waals surface area contributed by atoms with E-state index in [0.717, 1.165) is 5.56 Å². The second-order valence-corrected chi connectivity index (χ2v) is 5.88. The molecule has 1 aromatic carbocycles. The summed E-state index contributed by atoms with van der Waals surface area (Å²) in [4.78, 5) is 22.7. The minimum atomic E-state index is -0.524. The Labute approximate surface area is 136 Å². The highest BCUT2D eigenvalue weighted by atomic mass is 16.6. The third-order valence-electron chi connectivity index (χ3n) is 2.65. The number of alkyl carbamates (subject to hydrolysis) is 1. The number of methoxy groups -OCH3 is 1. The number of amides is 1. The highest BCUT2D eigenvalue weighted by molar-refractivity contribution is 5.87. The van der Waals surface area contributed by atoms with Gasteiger partial charge in [-0.1, -0.05) is 18.7 Å². The number of rotatable bonds is 6. The van der Waals surface area contributed by atoms with Crippen LogP contribution in [0.5, 0.6) is 5.75 Å². The van der Waals surface area contributed by atoms with Gasteiger partial charge in [0.1, 0.15) is 18.0 Å². The lowest BCUT2D eigenvalue weighted by Gasteiger charge is -2.19. The molecule has 0 heterocycles. The van der Waals surface area contributed by atoms with Gasteiger partial charge in [0, 0.05) is 6.54 Å². The van der Waals surface area contributed by atoms with E-state index in [1.54, 1.807) is 32.9 Å². The first-order valence-electron chi connectivity index (χ1n) is 7.16. The topological polar surface area (TPSA) is 73.9 Å². The van der Waals surface area contributed by atoms with Crippen LogP contribution in [0.4, 0.5) is 4.79 Å². The Bertz CT molecular complexity index is 557. The van der Waals surface area contributed by atoms with Crippen LogP contribution in [0.15, 0.2) is 36.4 Å². The molecule has 6 heteroatoms. The smallest absolute Gasteiger partial charge is 0.407 e. The summed E-state index contributed by atoms with van der Waals surface area (Å²) >= 11 is 0. The normalized spacial score (nSPS) is 10.6. The van der Waals surface area contributed by atoms with Gasteiger partial charge in [0.05, 0.1) is 12.7 Å². The number of ether oxygens (including phenoxy) is 3. The molecule has 0 bridgehead atoms. The highest BCUT2D eigenvalue weighted by Crippen LogP contribution is 2.13. The van der Waals surface area contributed by atoms with Crippen LogP contribution >= 0.6 is 0 Å². The maximum absolute atomic E-state index is 11.6. The Morgan fingerprint density at radius 2 is 1.78 bits per heavy atom. The zero-order valence-electron chi connectivity index (χ0n) is 14.0. The Hall–Kier alpha value is -2.50. The van der Waals surface area contributed by atoms with Crippen LogP contribution in [-0.4, -0.2) is 31.4 Å². The van der Waals surface area contributed by atoms with Gasteiger partial charge in [-0.15, -0.1) is 0 Å². The Morgan fingerprint density at radius 1 is 1.17 bits per heavy atom. The summed E-state index contributed by atoms with van der Waals surface area (Å²) < 4.78 is 15.1. The molecule has 0 saturated heterocycles. The summed E-state index contributed by atoms with van der Waals surface area (Å²) in [5.41, 5.74) is 0.613. The minimum absolute atomic E-state index is 0.0577. The van der Waals surface area contributed by atoms with Crippen molar-refractivity contribution in [1.82, 2.24) is 5.32 Å². The third-order valence-corrected chi connectivity index (χ3v) is 2.65. The molecule has 0 spiro atoms. The van der Waals surface area contributed by atoms with Crippen molar-refractivity contribution in [1.29, 1.82) is 0 Å². The average Bonchev–Trinajstić information content (AvgIpc) is 2.49. The summed E-state index contributed by atoms with van der Waals surface area (Å²) in [5, 5.41) is 2.67. The van der Waals surface area contributed by atoms with E-state index >= 15 is 0 Å². The third kappa shape index (κ3) is 7.35. The van der Waals surface area contributed by atoms with Gasteiger partial charge in [0.2, 0.25) is 0 Å². The first-order chi connectivity index (χ1) is 10.7. The molecular weight excluding hydrogens is 298 g/mol. The van der Waals surface area contributed by atoms with Crippen LogP contribution < -0.4 is 10.1 Å². The lowest BCUT2D eigenvalue weighted by Crippen LogP contribution is -2.32. The molecule has 0 unspecified atom stereocenters. The van der Waals surface area contributed by atoms with Gasteiger partial charge in [0.15, 0.2) is 0 Å². The van der Waals surface area contributed by atoms with E-state index in [9.17, 15) is 9.59 Å². The number of hydrogen-bond donors (Lipinski definition) is 1. The van der Waals surface area contributed by atoms with Gasteiger partial charge in [-0.05, 0) is 38.5 Å². The van der Waals surface area contributed by atoms with Crippen LogP contribution in [0.3, 0.4) is 0 Å². The Morgan fingerprint density at radius 3 is 2.30 bits per heavy atom. The molecule has 0 aliphatic heterocycles. The second-order valence-electron chi connectivity index (χ2n) is 5.88. The van der Waals surface area contributed by atoms with Crippen molar-refractivity contribution in [2.75, 3.05) is 13.7 Å². The zero-order valence-corrected chi connectivity index (χ0v) is 14.0. The number of benzene rings is 1. The van der Waals surface area contributed by atoms with Gasteiger partial charge in [-0.2, -0.15) is 0 Å². The minimum Gasteiger partial charge on any atom is -0.489 e. The predicted octanol–water partition coefficient (Wildman–Crippen LogP) is 2.82. The molecule has 0 aliphatic carbocycles. The first-order valence-corrected chi connectivity index (χ1v) is 7.16. The molecule has 0 aromatic heterocycles. The fourth-order valence-corrected chi connectivity index (χ4v) is 1.57. The molecular formula is C17H23NO5. The van der Waals surface area contributed by atoms with Crippen molar-refractivity contribution < 1.29 is 23.8 Å². The second kappa shape index (κ2) is 8.22. The molecule has 1 rings (SSSR count). The standard InChI is InChI=1S/C17H23NO5/c1-12(15(19)21-5)11-22-14-8-6-13(7-9-14)10-18-16(20)23-17(2,3)4/h6-9H,1,10-11H2,2-5H3,(H,18,20). The maximum Gasteiger partial charge on any atom is 0.407 e. The molecule has 1 N–H and O–H groups in total. The molecule has 23 heavy (non-hydrogen) atoms. The van der Waals surface area contributed by atoms with Crippen molar-refractivity contribution in [3.8, 4) is 5.75 Å². The number of esters is 1. The van der Waals surface area contributed by atoms with Crippen molar-refractivity contribution >= 4 is 12.1 Å². The summed E-state index contributed by atoms with van der Waals surface area (Å²) in [5.74, 6) is 0.0965. The van der Waals surface area contributed by atoms with E-state index in [4.69, 9.17) is 9.47 Å². The van der Waals surface area contributed by atoms with E-state index < -0.39 is 17.7 Å². The molecule has 0 atom stereocenters. The first kappa shape index (κ1) is 18.5. The number of hydrogen-bond acceptors (Lipinski definition) is 5. The summed E-state index contributed by atoms with van der Waals surface area (Å²) in [6.07, 6.45) is -0.466. The zero-order chi connectivity index (χ0) is 17.5.